The predicted octanol–water partition coefficient (Wildman–Crippen LogP) is 4.23. The van der Waals surface area contributed by atoms with E-state index in [0.717, 1.165) is 16.0 Å². The van der Waals surface area contributed by atoms with E-state index in [2.05, 4.69) is 10.3 Å². The summed E-state index contributed by atoms with van der Waals surface area (Å²) in [6, 6.07) is 5.57. The molecule has 1 aromatic heterocycles. The fourth-order valence-corrected chi connectivity index (χ4v) is 3.59. The molecule has 0 spiro atoms. The minimum Gasteiger partial charge on any atom is -0.325 e. The Bertz CT molecular complexity index is 871. The molecule has 1 saturated heterocycles. The quantitative estimate of drug-likeness (QED) is 0.622. The molecule has 1 aromatic carbocycles. The van der Waals surface area contributed by atoms with Crippen LogP contribution >= 0.6 is 11.8 Å². The summed E-state index contributed by atoms with van der Waals surface area (Å²) in [5.74, 6) is -0.727. The third-order valence-corrected chi connectivity index (χ3v) is 5.09. The third-order valence-electron chi connectivity index (χ3n) is 4.35. The van der Waals surface area contributed by atoms with Gasteiger partial charge in [0, 0.05) is 23.2 Å². The van der Waals surface area contributed by atoms with Crippen LogP contribution in [0.25, 0.3) is 0 Å². The molecule has 2 aromatic rings. The number of carbonyl (C=O) groups excluding carboxylic acids is 2. The molecule has 9 heteroatoms. The lowest BCUT2D eigenvalue weighted by Gasteiger charge is -2.19. The predicted molar refractivity (Wildman–Crippen MR) is 95.5 cm³/mol. The molecule has 27 heavy (non-hydrogen) atoms. The Morgan fingerprint density at radius 1 is 1.19 bits per heavy atom. The van der Waals surface area contributed by atoms with Crippen LogP contribution in [-0.2, 0) is 4.79 Å². The summed E-state index contributed by atoms with van der Waals surface area (Å²) in [5, 5.41) is 2.66. The molecule has 2 heterocycles. The number of aryl methyl sites for hydroxylation is 1. The van der Waals surface area contributed by atoms with Crippen molar-refractivity contribution in [1.82, 2.24) is 10.3 Å². The zero-order chi connectivity index (χ0) is 19.8. The summed E-state index contributed by atoms with van der Waals surface area (Å²) in [6.07, 6.45) is 3.30. The van der Waals surface area contributed by atoms with Crippen LogP contribution in [0.4, 0.5) is 23.7 Å². The van der Waals surface area contributed by atoms with Gasteiger partial charge in [-0.1, -0.05) is 6.92 Å². The SMILES string of the molecule is Cc1cnccc1C(C)C1NC(=O)N(c2ccc(SC(F)(F)F)cc2)C1=O. The number of benzene rings is 1. The number of nitrogens with one attached hydrogen (secondary N) is 1. The highest BCUT2D eigenvalue weighted by atomic mass is 32.2. The smallest absolute Gasteiger partial charge is 0.325 e. The Morgan fingerprint density at radius 2 is 1.85 bits per heavy atom. The molecule has 142 valence electrons. The number of thioether (sulfide) groups is 1. The number of rotatable bonds is 4. The first-order valence-electron chi connectivity index (χ1n) is 8.08. The molecule has 3 amide bonds. The number of halogens is 3. The largest absolute Gasteiger partial charge is 0.446 e. The van der Waals surface area contributed by atoms with Gasteiger partial charge in [-0.3, -0.25) is 9.78 Å². The Kier molecular flexibility index (Phi) is 5.14. The van der Waals surface area contributed by atoms with E-state index in [4.69, 9.17) is 0 Å². The second-order valence-electron chi connectivity index (χ2n) is 6.16. The Morgan fingerprint density at radius 3 is 2.44 bits per heavy atom. The molecular formula is C18H16F3N3O2S. The van der Waals surface area contributed by atoms with Gasteiger partial charge >= 0.3 is 11.5 Å². The molecule has 2 atom stereocenters. The molecule has 0 aliphatic carbocycles. The van der Waals surface area contributed by atoms with Gasteiger partial charge in [0.05, 0.1) is 5.69 Å². The number of hydrogen-bond acceptors (Lipinski definition) is 4. The number of anilines is 1. The number of imide groups is 1. The van der Waals surface area contributed by atoms with Crippen LogP contribution in [0.5, 0.6) is 0 Å². The van der Waals surface area contributed by atoms with Crippen LogP contribution in [0, 0.1) is 6.92 Å². The highest BCUT2D eigenvalue weighted by Gasteiger charge is 2.42. The topological polar surface area (TPSA) is 62.3 Å². The lowest BCUT2D eigenvalue weighted by atomic mass is 9.91. The zero-order valence-electron chi connectivity index (χ0n) is 14.4. The van der Waals surface area contributed by atoms with E-state index in [9.17, 15) is 22.8 Å². The number of aromatic nitrogens is 1. The molecule has 1 N–H and O–H groups in total. The summed E-state index contributed by atoms with van der Waals surface area (Å²) in [7, 11) is 0. The van der Waals surface area contributed by atoms with Gasteiger partial charge in [0.1, 0.15) is 6.04 Å². The molecule has 0 radical (unpaired) electrons. The standard InChI is InChI=1S/C18H16F3N3O2S/c1-10-9-22-8-7-14(10)11(2)15-16(25)24(17(26)23-15)12-3-5-13(6-4-12)27-18(19,20)21/h3-9,11,15H,1-2H3,(H,23,26). The second kappa shape index (κ2) is 7.22. The zero-order valence-corrected chi connectivity index (χ0v) is 15.3. The summed E-state index contributed by atoms with van der Waals surface area (Å²) < 4.78 is 37.3. The fraction of sp³-hybridized carbons (Fsp3) is 0.278. The third kappa shape index (κ3) is 4.08. The van der Waals surface area contributed by atoms with Crippen LogP contribution in [0.2, 0.25) is 0 Å². The van der Waals surface area contributed by atoms with Gasteiger partial charge in [-0.25, -0.2) is 9.69 Å². The minimum absolute atomic E-state index is 0.0179. The summed E-state index contributed by atoms with van der Waals surface area (Å²) in [6.45, 7) is 3.70. The average molecular weight is 395 g/mol. The fourth-order valence-electron chi connectivity index (χ4n) is 3.05. The van der Waals surface area contributed by atoms with Gasteiger partial charge in [0.2, 0.25) is 0 Å². The first kappa shape index (κ1) is 19.2. The van der Waals surface area contributed by atoms with Gasteiger partial charge in [-0.05, 0) is 60.1 Å². The van der Waals surface area contributed by atoms with Crippen LogP contribution in [0.15, 0.2) is 47.6 Å². The van der Waals surface area contributed by atoms with Gasteiger partial charge in [-0.15, -0.1) is 0 Å². The van der Waals surface area contributed by atoms with Crippen molar-refractivity contribution in [2.24, 2.45) is 0 Å². The number of alkyl halides is 3. The number of amides is 3. The van der Waals surface area contributed by atoms with Crippen molar-refractivity contribution in [2.45, 2.75) is 36.2 Å². The van der Waals surface area contributed by atoms with Crippen LogP contribution in [0.1, 0.15) is 24.0 Å². The minimum atomic E-state index is -4.40. The van der Waals surface area contributed by atoms with E-state index in [0.29, 0.717) is 0 Å². The van der Waals surface area contributed by atoms with Gasteiger partial charge in [-0.2, -0.15) is 13.2 Å². The Balaban J connectivity index is 1.81. The van der Waals surface area contributed by atoms with Crippen molar-refractivity contribution >= 4 is 29.4 Å². The number of carbonyl (C=O) groups is 2. The molecule has 0 saturated carbocycles. The van der Waals surface area contributed by atoms with Crippen LogP contribution in [0.3, 0.4) is 0 Å². The van der Waals surface area contributed by atoms with E-state index < -0.39 is 23.5 Å². The number of hydrogen-bond donors (Lipinski definition) is 1. The number of pyridine rings is 1. The molecule has 0 bridgehead atoms. The summed E-state index contributed by atoms with van der Waals surface area (Å²) in [5.41, 5.74) is -2.38. The number of nitrogens with zero attached hydrogens (tertiary/aromatic N) is 2. The monoisotopic (exact) mass is 395 g/mol. The second-order valence-corrected chi connectivity index (χ2v) is 7.30. The van der Waals surface area contributed by atoms with Crippen molar-refractivity contribution in [1.29, 1.82) is 0 Å². The molecule has 5 nitrogen and oxygen atoms in total. The molecule has 2 unspecified atom stereocenters. The highest BCUT2D eigenvalue weighted by molar-refractivity contribution is 8.00. The van der Waals surface area contributed by atoms with E-state index in [1.54, 1.807) is 18.5 Å². The molecule has 1 aliphatic rings. The molecular weight excluding hydrogens is 379 g/mol. The van der Waals surface area contributed by atoms with Crippen molar-refractivity contribution in [3.8, 4) is 0 Å². The highest BCUT2D eigenvalue weighted by Crippen LogP contribution is 2.37. The Hall–Kier alpha value is -2.55. The van der Waals surface area contributed by atoms with Gasteiger partial charge in [0.15, 0.2) is 0 Å². The van der Waals surface area contributed by atoms with Crippen LogP contribution < -0.4 is 10.2 Å². The van der Waals surface area contributed by atoms with E-state index in [1.165, 1.54) is 24.3 Å². The maximum atomic E-state index is 12.8. The van der Waals surface area contributed by atoms with Gasteiger partial charge in [0.25, 0.3) is 5.91 Å². The molecule has 1 fully saturated rings. The summed E-state index contributed by atoms with van der Waals surface area (Å²) >= 11 is -0.252. The van der Waals surface area contributed by atoms with Crippen molar-refractivity contribution < 1.29 is 22.8 Å². The van der Waals surface area contributed by atoms with Crippen LogP contribution in [-0.4, -0.2) is 28.5 Å². The Labute approximate surface area is 158 Å². The normalized spacial score (nSPS) is 18.6. The van der Waals surface area contributed by atoms with Crippen molar-refractivity contribution in [2.75, 3.05) is 4.90 Å². The van der Waals surface area contributed by atoms with E-state index >= 15 is 0 Å². The van der Waals surface area contributed by atoms with Gasteiger partial charge < -0.3 is 5.32 Å². The van der Waals surface area contributed by atoms with Crippen molar-refractivity contribution in [3.05, 3.63) is 53.9 Å². The number of urea groups is 1. The molecule has 3 rings (SSSR count). The summed E-state index contributed by atoms with van der Waals surface area (Å²) in [4.78, 5) is 30.1. The molecule has 1 aliphatic heterocycles. The van der Waals surface area contributed by atoms with Crippen molar-refractivity contribution in [3.63, 3.8) is 0 Å². The first-order valence-corrected chi connectivity index (χ1v) is 8.90. The van der Waals surface area contributed by atoms with E-state index in [-0.39, 0.29) is 28.3 Å². The lowest BCUT2D eigenvalue weighted by Crippen LogP contribution is -2.35. The maximum absolute atomic E-state index is 12.8. The average Bonchev–Trinajstić information content (AvgIpc) is 2.89. The first-order chi connectivity index (χ1) is 12.7. The van der Waals surface area contributed by atoms with E-state index in [1.807, 2.05) is 13.8 Å². The lowest BCUT2D eigenvalue weighted by molar-refractivity contribution is -0.118. The maximum Gasteiger partial charge on any atom is 0.446 e.